The van der Waals surface area contributed by atoms with Crippen LogP contribution in [-0.2, 0) is 11.2 Å². The molecule has 1 amide bonds. The van der Waals surface area contributed by atoms with Gasteiger partial charge in [-0.2, -0.15) is 0 Å². The van der Waals surface area contributed by atoms with Crippen molar-refractivity contribution in [3.63, 3.8) is 0 Å². The van der Waals surface area contributed by atoms with Gasteiger partial charge in [-0.25, -0.2) is 0 Å². The number of para-hydroxylation sites is 1. The first-order valence-corrected chi connectivity index (χ1v) is 8.94. The smallest absolute Gasteiger partial charge is 0.244 e. The summed E-state index contributed by atoms with van der Waals surface area (Å²) in [6.07, 6.45) is 4.42. The summed E-state index contributed by atoms with van der Waals surface area (Å²) in [5.74, 6) is 1.20. The first-order valence-electron chi connectivity index (χ1n) is 8.94. The summed E-state index contributed by atoms with van der Waals surface area (Å²) in [6, 6.07) is 22.4. The number of nitrogens with one attached hydrogen (secondary N) is 1. The fraction of sp³-hybridized carbons (Fsp3) is 0.174. The number of benzene rings is 3. The molecule has 1 unspecified atom stereocenters. The number of rotatable bonds is 4. The van der Waals surface area contributed by atoms with Crippen molar-refractivity contribution < 1.29 is 9.53 Å². The average Bonchev–Trinajstić information content (AvgIpc) is 2.70. The van der Waals surface area contributed by atoms with Crippen LogP contribution in [0.4, 0.5) is 0 Å². The fourth-order valence-electron chi connectivity index (χ4n) is 3.39. The highest BCUT2D eigenvalue weighted by atomic mass is 16.5. The number of carbonyl (C=O) groups excluding carboxylic acids is 1. The third kappa shape index (κ3) is 3.62. The third-order valence-electron chi connectivity index (χ3n) is 4.76. The molecule has 0 spiro atoms. The summed E-state index contributed by atoms with van der Waals surface area (Å²) in [4.78, 5) is 12.2. The lowest BCUT2D eigenvalue weighted by Crippen LogP contribution is -2.33. The first-order chi connectivity index (χ1) is 12.8. The Morgan fingerprint density at radius 3 is 2.81 bits per heavy atom. The summed E-state index contributed by atoms with van der Waals surface area (Å²) >= 11 is 0. The summed E-state index contributed by atoms with van der Waals surface area (Å²) < 4.78 is 5.78. The van der Waals surface area contributed by atoms with E-state index in [1.165, 1.54) is 10.9 Å². The van der Waals surface area contributed by atoms with Gasteiger partial charge < -0.3 is 10.1 Å². The number of carbonyl (C=O) groups is 1. The van der Waals surface area contributed by atoms with E-state index < -0.39 is 0 Å². The molecule has 3 aromatic carbocycles. The molecule has 3 nitrogen and oxygen atoms in total. The summed E-state index contributed by atoms with van der Waals surface area (Å²) in [6.45, 7) is 1.26. The lowest BCUT2D eigenvalue weighted by atomic mass is 9.97. The predicted molar refractivity (Wildman–Crippen MR) is 105 cm³/mol. The molecule has 1 aliphatic rings. The van der Waals surface area contributed by atoms with E-state index in [1.54, 1.807) is 6.08 Å². The first kappa shape index (κ1) is 16.4. The zero-order valence-corrected chi connectivity index (χ0v) is 14.5. The van der Waals surface area contributed by atoms with E-state index in [0.29, 0.717) is 19.1 Å². The summed E-state index contributed by atoms with van der Waals surface area (Å²) in [5, 5.41) is 5.32. The van der Waals surface area contributed by atoms with Crippen LogP contribution in [0.5, 0.6) is 5.75 Å². The topological polar surface area (TPSA) is 38.3 Å². The molecule has 3 heteroatoms. The maximum atomic E-state index is 12.2. The molecule has 0 aliphatic carbocycles. The molecule has 3 aromatic rings. The van der Waals surface area contributed by atoms with Gasteiger partial charge in [-0.15, -0.1) is 0 Å². The molecule has 0 aromatic heterocycles. The Morgan fingerprint density at radius 2 is 1.85 bits per heavy atom. The zero-order chi connectivity index (χ0) is 17.8. The monoisotopic (exact) mass is 343 g/mol. The second-order valence-electron chi connectivity index (χ2n) is 6.64. The van der Waals surface area contributed by atoms with Crippen molar-refractivity contribution in [2.24, 2.45) is 5.92 Å². The van der Waals surface area contributed by atoms with Crippen LogP contribution in [0.25, 0.3) is 16.8 Å². The standard InChI is InChI=1S/C23H21NO2/c25-23(13-12-19-9-5-8-18-6-1-3-10-21(18)19)24-15-17-14-20-7-2-4-11-22(20)26-16-17/h1-13,17H,14-16H2,(H,24,25)/b13-12+. The fourth-order valence-corrected chi connectivity index (χ4v) is 3.39. The van der Waals surface area contributed by atoms with Crippen LogP contribution in [0.15, 0.2) is 72.8 Å². The number of fused-ring (bicyclic) bond motifs is 2. The van der Waals surface area contributed by atoms with Gasteiger partial charge in [0, 0.05) is 18.5 Å². The highest BCUT2D eigenvalue weighted by Gasteiger charge is 2.19. The van der Waals surface area contributed by atoms with Gasteiger partial charge in [0.2, 0.25) is 5.91 Å². The van der Waals surface area contributed by atoms with Gasteiger partial charge in [-0.3, -0.25) is 4.79 Å². The van der Waals surface area contributed by atoms with E-state index in [4.69, 9.17) is 4.74 Å². The van der Waals surface area contributed by atoms with Crippen molar-refractivity contribution in [3.8, 4) is 5.75 Å². The number of amides is 1. The zero-order valence-electron chi connectivity index (χ0n) is 14.5. The SMILES string of the molecule is O=C(/C=C/c1cccc2ccccc12)NCC1COc2ccccc2C1. The van der Waals surface area contributed by atoms with Crippen molar-refractivity contribution in [1.82, 2.24) is 5.32 Å². The van der Waals surface area contributed by atoms with E-state index >= 15 is 0 Å². The van der Waals surface area contributed by atoms with E-state index in [9.17, 15) is 4.79 Å². The van der Waals surface area contributed by atoms with Crippen molar-refractivity contribution in [2.75, 3.05) is 13.2 Å². The minimum Gasteiger partial charge on any atom is -0.493 e. The number of hydrogen-bond donors (Lipinski definition) is 1. The van der Waals surface area contributed by atoms with Crippen LogP contribution in [-0.4, -0.2) is 19.1 Å². The van der Waals surface area contributed by atoms with Crippen molar-refractivity contribution in [2.45, 2.75) is 6.42 Å². The van der Waals surface area contributed by atoms with Crippen LogP contribution in [0, 0.1) is 5.92 Å². The van der Waals surface area contributed by atoms with Gasteiger partial charge in [0.1, 0.15) is 5.75 Å². The molecule has 0 radical (unpaired) electrons. The van der Waals surface area contributed by atoms with Crippen LogP contribution < -0.4 is 10.1 Å². The van der Waals surface area contributed by atoms with E-state index in [0.717, 1.165) is 23.1 Å². The van der Waals surface area contributed by atoms with Crippen molar-refractivity contribution in [3.05, 3.63) is 83.9 Å². The quantitative estimate of drug-likeness (QED) is 0.720. The van der Waals surface area contributed by atoms with Crippen LogP contribution in [0.2, 0.25) is 0 Å². The molecule has 4 rings (SSSR count). The maximum absolute atomic E-state index is 12.2. The van der Waals surface area contributed by atoms with E-state index in [1.807, 2.05) is 48.5 Å². The molecule has 1 aliphatic heterocycles. The second-order valence-corrected chi connectivity index (χ2v) is 6.64. The average molecular weight is 343 g/mol. The normalized spacial score (nSPS) is 16.2. The Morgan fingerprint density at radius 1 is 1.04 bits per heavy atom. The van der Waals surface area contributed by atoms with Gasteiger partial charge in [0.25, 0.3) is 0 Å². The Bertz CT molecular complexity index is 956. The highest BCUT2D eigenvalue weighted by molar-refractivity contribution is 5.96. The molecule has 0 bridgehead atoms. The van der Waals surface area contributed by atoms with Crippen molar-refractivity contribution >= 4 is 22.8 Å². The van der Waals surface area contributed by atoms with Gasteiger partial charge in [0.05, 0.1) is 6.61 Å². The molecule has 0 saturated carbocycles. The third-order valence-corrected chi connectivity index (χ3v) is 4.76. The van der Waals surface area contributed by atoms with Gasteiger partial charge in [0.15, 0.2) is 0 Å². The van der Waals surface area contributed by atoms with E-state index in [2.05, 4.69) is 29.6 Å². The highest BCUT2D eigenvalue weighted by Crippen LogP contribution is 2.26. The molecule has 1 N–H and O–H groups in total. The van der Waals surface area contributed by atoms with Crippen molar-refractivity contribution in [1.29, 1.82) is 0 Å². The Kier molecular flexibility index (Phi) is 4.69. The summed E-state index contributed by atoms with van der Waals surface area (Å²) in [5.41, 5.74) is 2.26. The molecular weight excluding hydrogens is 322 g/mol. The van der Waals surface area contributed by atoms with E-state index in [-0.39, 0.29) is 5.91 Å². The second kappa shape index (κ2) is 7.44. The molecule has 1 atom stereocenters. The Hall–Kier alpha value is -3.07. The lowest BCUT2D eigenvalue weighted by molar-refractivity contribution is -0.116. The van der Waals surface area contributed by atoms with Gasteiger partial charge >= 0.3 is 0 Å². The van der Waals surface area contributed by atoms with Crippen LogP contribution >= 0.6 is 0 Å². The van der Waals surface area contributed by atoms with Crippen LogP contribution in [0.3, 0.4) is 0 Å². The summed E-state index contributed by atoms with van der Waals surface area (Å²) in [7, 11) is 0. The lowest BCUT2D eigenvalue weighted by Gasteiger charge is -2.25. The molecular formula is C23H21NO2. The maximum Gasteiger partial charge on any atom is 0.244 e. The molecule has 130 valence electrons. The molecule has 26 heavy (non-hydrogen) atoms. The van der Waals surface area contributed by atoms with Gasteiger partial charge in [-0.1, -0.05) is 60.7 Å². The Balaban J connectivity index is 1.36. The number of ether oxygens (including phenoxy) is 1. The Labute approximate surface area is 153 Å². The van der Waals surface area contributed by atoms with Gasteiger partial charge in [-0.05, 0) is 40.5 Å². The molecule has 0 saturated heterocycles. The predicted octanol–water partition coefficient (Wildman–Crippen LogP) is 4.22. The molecule has 1 heterocycles. The van der Waals surface area contributed by atoms with Crippen LogP contribution in [0.1, 0.15) is 11.1 Å². The number of hydrogen-bond acceptors (Lipinski definition) is 2. The molecule has 0 fully saturated rings. The largest absolute Gasteiger partial charge is 0.493 e. The minimum absolute atomic E-state index is 0.0724. The minimum atomic E-state index is -0.0724.